The van der Waals surface area contributed by atoms with Gasteiger partial charge in [-0.15, -0.1) is 0 Å². The number of hydrogen-bond donors (Lipinski definition) is 2. The third-order valence-corrected chi connectivity index (χ3v) is 2.26. The van der Waals surface area contributed by atoms with Crippen molar-refractivity contribution in [3.63, 3.8) is 0 Å². The van der Waals surface area contributed by atoms with Crippen LogP contribution >= 0.6 is 0 Å². The molecule has 0 aliphatic carbocycles. The van der Waals surface area contributed by atoms with Crippen molar-refractivity contribution in [1.29, 1.82) is 0 Å². The van der Waals surface area contributed by atoms with Gasteiger partial charge in [-0.2, -0.15) is 5.06 Å². The van der Waals surface area contributed by atoms with E-state index >= 15 is 0 Å². The molecule has 2 rings (SSSR count). The summed E-state index contributed by atoms with van der Waals surface area (Å²) >= 11 is 0. The van der Waals surface area contributed by atoms with Gasteiger partial charge >= 0.3 is 0 Å². The summed E-state index contributed by atoms with van der Waals surface area (Å²) in [6, 6.07) is 1.78. The first kappa shape index (κ1) is 8.40. The highest BCUT2D eigenvalue weighted by molar-refractivity contribution is 5.19. The van der Waals surface area contributed by atoms with E-state index in [0.717, 1.165) is 18.5 Å². The molecule has 1 saturated heterocycles. The Labute approximate surface area is 76.2 Å². The molecule has 2 heterocycles. The molecule has 0 aromatic carbocycles. The third kappa shape index (κ3) is 1.61. The Morgan fingerprint density at radius 1 is 1.62 bits per heavy atom. The molecule has 0 radical (unpaired) electrons. The topological polar surface area (TPSA) is 75.3 Å². The Kier molecular flexibility index (Phi) is 2.12. The van der Waals surface area contributed by atoms with Gasteiger partial charge in [0.25, 0.3) is 0 Å². The fraction of sp³-hybridized carbons (Fsp3) is 0.500. The van der Waals surface area contributed by atoms with Gasteiger partial charge in [0.05, 0.1) is 11.7 Å². The molecule has 1 aliphatic heterocycles. The molecular weight excluding hydrogens is 168 g/mol. The van der Waals surface area contributed by atoms with Crippen LogP contribution in [0, 0.1) is 0 Å². The average Bonchev–Trinajstić information content (AvgIpc) is 2.51. The van der Waals surface area contributed by atoms with E-state index in [1.165, 1.54) is 5.06 Å². The molecule has 13 heavy (non-hydrogen) atoms. The van der Waals surface area contributed by atoms with Crippen LogP contribution in [0.1, 0.15) is 24.6 Å². The van der Waals surface area contributed by atoms with Crippen LogP contribution < -0.4 is 5.73 Å². The van der Waals surface area contributed by atoms with E-state index in [1.54, 1.807) is 12.3 Å². The number of aromatic nitrogens is 2. The lowest BCUT2D eigenvalue weighted by molar-refractivity contribution is -0.105. The highest BCUT2D eigenvalue weighted by Crippen LogP contribution is 2.28. The minimum Gasteiger partial charge on any atom is -0.368 e. The minimum atomic E-state index is -0.00898. The first-order chi connectivity index (χ1) is 6.27. The van der Waals surface area contributed by atoms with Crippen molar-refractivity contribution >= 4 is 5.95 Å². The van der Waals surface area contributed by atoms with Crippen molar-refractivity contribution in [3.8, 4) is 0 Å². The maximum absolute atomic E-state index is 9.47. The van der Waals surface area contributed by atoms with Crippen molar-refractivity contribution < 1.29 is 5.21 Å². The lowest BCUT2D eigenvalue weighted by atomic mass is 10.1. The van der Waals surface area contributed by atoms with E-state index in [-0.39, 0.29) is 12.0 Å². The predicted octanol–water partition coefficient (Wildman–Crippen LogP) is 0.585. The maximum Gasteiger partial charge on any atom is 0.220 e. The Morgan fingerprint density at radius 3 is 3.08 bits per heavy atom. The summed E-state index contributed by atoms with van der Waals surface area (Å²) in [6.45, 7) is 0.703. The van der Waals surface area contributed by atoms with Gasteiger partial charge in [-0.25, -0.2) is 9.97 Å². The average molecular weight is 180 g/mol. The smallest absolute Gasteiger partial charge is 0.220 e. The zero-order valence-corrected chi connectivity index (χ0v) is 7.22. The minimum absolute atomic E-state index is 0.00898. The first-order valence-electron chi connectivity index (χ1n) is 4.31. The Bertz CT molecular complexity index is 304. The second-order valence-corrected chi connectivity index (χ2v) is 3.16. The van der Waals surface area contributed by atoms with Crippen molar-refractivity contribution in [2.75, 3.05) is 12.3 Å². The fourth-order valence-electron chi connectivity index (χ4n) is 1.63. The zero-order chi connectivity index (χ0) is 9.26. The normalized spacial score (nSPS) is 23.6. The molecule has 1 aliphatic rings. The van der Waals surface area contributed by atoms with Crippen LogP contribution in [0.2, 0.25) is 0 Å². The summed E-state index contributed by atoms with van der Waals surface area (Å²) in [4.78, 5) is 7.87. The number of nitrogen functional groups attached to an aromatic ring is 1. The third-order valence-electron chi connectivity index (χ3n) is 2.26. The molecule has 1 unspecified atom stereocenters. The van der Waals surface area contributed by atoms with E-state index < -0.39 is 0 Å². The first-order valence-corrected chi connectivity index (χ1v) is 4.31. The van der Waals surface area contributed by atoms with Crippen LogP contribution in [0.5, 0.6) is 0 Å². The summed E-state index contributed by atoms with van der Waals surface area (Å²) < 4.78 is 0. The van der Waals surface area contributed by atoms with Crippen LogP contribution in [0.15, 0.2) is 12.3 Å². The van der Waals surface area contributed by atoms with Crippen molar-refractivity contribution in [3.05, 3.63) is 18.0 Å². The molecule has 70 valence electrons. The summed E-state index contributed by atoms with van der Waals surface area (Å²) in [5, 5.41) is 10.8. The van der Waals surface area contributed by atoms with Gasteiger partial charge in [-0.1, -0.05) is 0 Å². The largest absolute Gasteiger partial charge is 0.368 e. The quantitative estimate of drug-likeness (QED) is 0.661. The van der Waals surface area contributed by atoms with Crippen molar-refractivity contribution in [2.45, 2.75) is 18.9 Å². The number of rotatable bonds is 1. The van der Waals surface area contributed by atoms with E-state index in [2.05, 4.69) is 9.97 Å². The van der Waals surface area contributed by atoms with E-state index in [4.69, 9.17) is 5.73 Å². The van der Waals surface area contributed by atoms with Gasteiger partial charge in [-0.05, 0) is 18.9 Å². The van der Waals surface area contributed by atoms with Gasteiger partial charge in [0.2, 0.25) is 5.95 Å². The molecule has 1 fully saturated rings. The number of nitrogens with two attached hydrogens (primary N) is 1. The molecule has 0 saturated carbocycles. The van der Waals surface area contributed by atoms with Crippen LogP contribution in [-0.4, -0.2) is 26.8 Å². The lowest BCUT2D eigenvalue weighted by Crippen LogP contribution is -2.19. The molecule has 5 heteroatoms. The number of anilines is 1. The van der Waals surface area contributed by atoms with Crippen LogP contribution in [0.25, 0.3) is 0 Å². The highest BCUT2D eigenvalue weighted by Gasteiger charge is 2.25. The van der Waals surface area contributed by atoms with Crippen molar-refractivity contribution in [1.82, 2.24) is 15.0 Å². The second kappa shape index (κ2) is 3.27. The van der Waals surface area contributed by atoms with Gasteiger partial charge in [0.15, 0.2) is 0 Å². The molecule has 3 N–H and O–H groups in total. The Hall–Kier alpha value is -1.20. The van der Waals surface area contributed by atoms with E-state index in [9.17, 15) is 5.21 Å². The standard InChI is InChI=1S/C8H12N4O/c9-8-10-4-3-6(11-8)7-2-1-5-12(7)13/h3-4,7,13H,1-2,5H2,(H2,9,10,11). The van der Waals surface area contributed by atoms with Crippen LogP contribution in [-0.2, 0) is 0 Å². The summed E-state index contributed by atoms with van der Waals surface area (Å²) in [6.07, 6.45) is 3.53. The van der Waals surface area contributed by atoms with Gasteiger partial charge < -0.3 is 10.9 Å². The van der Waals surface area contributed by atoms with Gasteiger partial charge in [-0.3, -0.25) is 0 Å². The summed E-state index contributed by atoms with van der Waals surface area (Å²) in [5.74, 6) is 0.262. The zero-order valence-electron chi connectivity index (χ0n) is 7.22. The number of nitrogens with zero attached hydrogens (tertiary/aromatic N) is 3. The van der Waals surface area contributed by atoms with Crippen molar-refractivity contribution in [2.24, 2.45) is 0 Å². The monoisotopic (exact) mass is 180 g/mol. The summed E-state index contributed by atoms with van der Waals surface area (Å²) in [5.41, 5.74) is 6.25. The molecule has 1 atom stereocenters. The van der Waals surface area contributed by atoms with Gasteiger partial charge in [0.1, 0.15) is 0 Å². The predicted molar refractivity (Wildman–Crippen MR) is 46.9 cm³/mol. The SMILES string of the molecule is Nc1nccc(C2CCCN2O)n1. The Morgan fingerprint density at radius 2 is 2.46 bits per heavy atom. The number of hydroxylamine groups is 2. The molecular formula is C8H12N4O. The molecule has 1 aromatic rings. The van der Waals surface area contributed by atoms with Crippen LogP contribution in [0.3, 0.4) is 0 Å². The molecule has 5 nitrogen and oxygen atoms in total. The number of hydrogen-bond acceptors (Lipinski definition) is 5. The lowest BCUT2D eigenvalue weighted by Gasteiger charge is -2.16. The maximum atomic E-state index is 9.47. The van der Waals surface area contributed by atoms with E-state index in [1.807, 2.05) is 0 Å². The molecule has 0 spiro atoms. The molecule has 1 aromatic heterocycles. The van der Waals surface area contributed by atoms with Crippen LogP contribution in [0.4, 0.5) is 5.95 Å². The Balaban J connectivity index is 2.24. The highest BCUT2D eigenvalue weighted by atomic mass is 16.5. The fourth-order valence-corrected chi connectivity index (χ4v) is 1.63. The van der Waals surface area contributed by atoms with Gasteiger partial charge in [0, 0.05) is 12.7 Å². The summed E-state index contributed by atoms with van der Waals surface area (Å²) in [7, 11) is 0. The molecule has 0 amide bonds. The molecule has 0 bridgehead atoms. The van der Waals surface area contributed by atoms with E-state index in [0.29, 0.717) is 6.54 Å². The second-order valence-electron chi connectivity index (χ2n) is 3.16.